The van der Waals surface area contributed by atoms with Crippen LogP contribution in [0, 0.1) is 0 Å². The highest BCUT2D eigenvalue weighted by Crippen LogP contribution is 2.24. The molecule has 3 rings (SSSR count). The molecule has 3 aromatic carbocycles. The van der Waals surface area contributed by atoms with E-state index in [2.05, 4.69) is 16.0 Å². The zero-order valence-electron chi connectivity index (χ0n) is 19.8. The van der Waals surface area contributed by atoms with Crippen LogP contribution < -0.4 is 16.0 Å². The maximum Gasteiger partial charge on any atom is 0.319 e. The Morgan fingerprint density at radius 3 is 2.03 bits per heavy atom. The minimum atomic E-state index is -0.323. The maximum absolute atomic E-state index is 13.2. The van der Waals surface area contributed by atoms with Crippen molar-refractivity contribution in [1.82, 2.24) is 10.2 Å². The largest absolute Gasteiger partial charge is 0.336 e. The van der Waals surface area contributed by atoms with Crippen LogP contribution in [0.25, 0.3) is 0 Å². The van der Waals surface area contributed by atoms with Crippen LogP contribution in [0.2, 0.25) is 0 Å². The summed E-state index contributed by atoms with van der Waals surface area (Å²) in [5.74, 6) is -0.375. The number of urea groups is 1. The highest BCUT2D eigenvalue weighted by atomic mass is 16.2. The molecule has 34 heavy (non-hydrogen) atoms. The van der Waals surface area contributed by atoms with Gasteiger partial charge in [-0.05, 0) is 68.8 Å². The average Bonchev–Trinajstić information content (AvgIpc) is 2.83. The Bertz CT molecular complexity index is 1160. The Balaban J connectivity index is 1.70. The van der Waals surface area contributed by atoms with E-state index in [1.807, 2.05) is 63.2 Å². The van der Waals surface area contributed by atoms with Gasteiger partial charge in [0.1, 0.15) is 0 Å². The zero-order valence-corrected chi connectivity index (χ0v) is 19.8. The van der Waals surface area contributed by atoms with Crippen LogP contribution in [0.1, 0.15) is 53.1 Å². The number of amides is 4. The van der Waals surface area contributed by atoms with Crippen molar-refractivity contribution in [1.29, 1.82) is 0 Å². The number of nitrogens with zero attached hydrogens (tertiary/aromatic N) is 1. The quantitative estimate of drug-likeness (QED) is 0.449. The lowest BCUT2D eigenvalue weighted by molar-refractivity contribution is 0.0742. The Kier molecular flexibility index (Phi) is 8.03. The van der Waals surface area contributed by atoms with Gasteiger partial charge < -0.3 is 20.9 Å². The van der Waals surface area contributed by atoms with Crippen LogP contribution in [0.5, 0.6) is 0 Å². The van der Waals surface area contributed by atoms with E-state index < -0.39 is 0 Å². The summed E-state index contributed by atoms with van der Waals surface area (Å²) in [6, 6.07) is 22.7. The average molecular weight is 459 g/mol. The summed E-state index contributed by atoms with van der Waals surface area (Å²) in [5.41, 5.74) is 3.11. The molecule has 1 atom stereocenters. The van der Waals surface area contributed by atoms with Gasteiger partial charge in [-0.15, -0.1) is 0 Å². The minimum Gasteiger partial charge on any atom is -0.336 e. The van der Waals surface area contributed by atoms with Gasteiger partial charge in [0.15, 0.2) is 0 Å². The summed E-state index contributed by atoms with van der Waals surface area (Å²) in [4.78, 5) is 39.2. The Hall–Kier alpha value is -4.13. The number of carbonyl (C=O) groups is 3. The van der Waals surface area contributed by atoms with Crippen LogP contribution >= 0.6 is 0 Å². The first-order valence-corrected chi connectivity index (χ1v) is 11.2. The standard InChI is InChI=1S/C27H30N4O3/c1-18(2)28-27(34)30-24-15-9-13-22(17-24)26(33)31(4)19(3)21-12-8-14-23(16-21)29-25(32)20-10-6-5-7-11-20/h5-19H,1-4H3,(H,29,32)(H2,28,30,34). The summed E-state index contributed by atoms with van der Waals surface area (Å²) in [6.07, 6.45) is 0. The predicted molar refractivity (Wildman–Crippen MR) is 135 cm³/mol. The highest BCUT2D eigenvalue weighted by Gasteiger charge is 2.20. The van der Waals surface area contributed by atoms with Crippen LogP contribution in [-0.4, -0.2) is 35.8 Å². The molecule has 3 aromatic rings. The van der Waals surface area contributed by atoms with Crippen molar-refractivity contribution in [3.63, 3.8) is 0 Å². The Labute approximate surface area is 200 Å². The lowest BCUT2D eigenvalue weighted by Crippen LogP contribution is -2.34. The Morgan fingerprint density at radius 2 is 1.35 bits per heavy atom. The number of carbonyl (C=O) groups excluding carboxylic acids is 3. The molecule has 0 saturated carbocycles. The summed E-state index contributed by atoms with van der Waals surface area (Å²) >= 11 is 0. The number of hydrogen-bond donors (Lipinski definition) is 3. The topological polar surface area (TPSA) is 90.5 Å². The third-order valence-electron chi connectivity index (χ3n) is 5.35. The molecule has 1 unspecified atom stereocenters. The molecule has 7 heteroatoms. The molecule has 3 N–H and O–H groups in total. The maximum atomic E-state index is 13.2. The normalized spacial score (nSPS) is 11.4. The van der Waals surface area contributed by atoms with E-state index in [0.29, 0.717) is 22.5 Å². The van der Waals surface area contributed by atoms with E-state index in [0.717, 1.165) is 5.56 Å². The SMILES string of the molecule is CC(C)NC(=O)Nc1cccc(C(=O)N(C)C(C)c2cccc(NC(=O)c3ccccc3)c2)c1. The number of hydrogen-bond acceptors (Lipinski definition) is 3. The molecule has 0 fully saturated rings. The second kappa shape index (κ2) is 11.1. The van der Waals surface area contributed by atoms with Gasteiger partial charge in [0.05, 0.1) is 6.04 Å². The van der Waals surface area contributed by atoms with Crippen molar-refractivity contribution >= 4 is 29.2 Å². The second-order valence-electron chi connectivity index (χ2n) is 8.37. The molecule has 0 aromatic heterocycles. The van der Waals surface area contributed by atoms with Crippen molar-refractivity contribution < 1.29 is 14.4 Å². The minimum absolute atomic E-state index is 0.00466. The molecule has 0 bridgehead atoms. The third kappa shape index (κ3) is 6.45. The molecule has 0 heterocycles. The molecular weight excluding hydrogens is 428 g/mol. The number of rotatable bonds is 7. The fraction of sp³-hybridized carbons (Fsp3) is 0.222. The molecule has 176 valence electrons. The first kappa shape index (κ1) is 24.5. The first-order valence-electron chi connectivity index (χ1n) is 11.2. The van der Waals surface area contributed by atoms with E-state index in [-0.39, 0.29) is 29.9 Å². The highest BCUT2D eigenvalue weighted by molar-refractivity contribution is 6.04. The molecular formula is C27H30N4O3. The van der Waals surface area contributed by atoms with Gasteiger partial charge in [-0.1, -0.05) is 36.4 Å². The number of anilines is 2. The summed E-state index contributed by atoms with van der Waals surface area (Å²) in [7, 11) is 1.73. The number of benzene rings is 3. The lowest BCUT2D eigenvalue weighted by atomic mass is 10.0. The van der Waals surface area contributed by atoms with Gasteiger partial charge in [0.25, 0.3) is 11.8 Å². The van der Waals surface area contributed by atoms with Gasteiger partial charge >= 0.3 is 6.03 Å². The van der Waals surface area contributed by atoms with Crippen LogP contribution in [0.3, 0.4) is 0 Å². The molecule has 0 saturated heterocycles. The molecule has 0 aliphatic heterocycles. The predicted octanol–water partition coefficient (Wildman–Crippen LogP) is 5.30. The van der Waals surface area contributed by atoms with Gasteiger partial charge in [-0.3, -0.25) is 9.59 Å². The third-order valence-corrected chi connectivity index (χ3v) is 5.35. The van der Waals surface area contributed by atoms with Gasteiger partial charge in [-0.25, -0.2) is 4.79 Å². The lowest BCUT2D eigenvalue weighted by Gasteiger charge is -2.26. The molecule has 0 radical (unpaired) electrons. The smallest absolute Gasteiger partial charge is 0.319 e. The van der Waals surface area contributed by atoms with Crippen molar-refractivity contribution in [2.75, 3.05) is 17.7 Å². The van der Waals surface area contributed by atoms with E-state index in [1.54, 1.807) is 48.3 Å². The first-order chi connectivity index (χ1) is 16.2. The van der Waals surface area contributed by atoms with E-state index in [4.69, 9.17) is 0 Å². The molecule has 0 aliphatic carbocycles. The monoisotopic (exact) mass is 458 g/mol. The van der Waals surface area contributed by atoms with E-state index in [9.17, 15) is 14.4 Å². The van der Waals surface area contributed by atoms with Crippen LogP contribution in [0.4, 0.5) is 16.2 Å². The van der Waals surface area contributed by atoms with Crippen molar-refractivity contribution in [2.45, 2.75) is 32.9 Å². The molecule has 0 spiro atoms. The second-order valence-corrected chi connectivity index (χ2v) is 8.37. The van der Waals surface area contributed by atoms with Crippen molar-refractivity contribution in [3.05, 3.63) is 95.6 Å². The van der Waals surface area contributed by atoms with Crippen LogP contribution in [0.15, 0.2) is 78.9 Å². The summed E-state index contributed by atoms with van der Waals surface area (Å²) < 4.78 is 0. The Morgan fingerprint density at radius 1 is 0.735 bits per heavy atom. The fourth-order valence-electron chi connectivity index (χ4n) is 3.43. The summed E-state index contributed by atoms with van der Waals surface area (Å²) in [6.45, 7) is 5.67. The molecule has 0 aliphatic rings. The van der Waals surface area contributed by atoms with Gasteiger partial charge in [-0.2, -0.15) is 0 Å². The summed E-state index contributed by atoms with van der Waals surface area (Å²) in [5, 5.41) is 8.41. The van der Waals surface area contributed by atoms with Gasteiger partial charge in [0.2, 0.25) is 0 Å². The molecule has 4 amide bonds. The van der Waals surface area contributed by atoms with Crippen LogP contribution in [-0.2, 0) is 0 Å². The van der Waals surface area contributed by atoms with E-state index in [1.165, 1.54) is 0 Å². The van der Waals surface area contributed by atoms with Crippen molar-refractivity contribution in [3.8, 4) is 0 Å². The zero-order chi connectivity index (χ0) is 24.7. The van der Waals surface area contributed by atoms with E-state index >= 15 is 0 Å². The fourth-order valence-corrected chi connectivity index (χ4v) is 3.43. The molecule has 7 nitrogen and oxygen atoms in total. The van der Waals surface area contributed by atoms with Crippen molar-refractivity contribution in [2.24, 2.45) is 0 Å². The van der Waals surface area contributed by atoms with Gasteiger partial charge in [0, 0.05) is 35.6 Å². The number of nitrogens with one attached hydrogen (secondary N) is 3.